The maximum atomic E-state index is 5.61. The average molecular weight is 674 g/mol. The smallest absolute Gasteiger partial charge is 0.0580 e. The molecular formula is C36H39Br2N3. The van der Waals surface area contributed by atoms with Crippen LogP contribution in [-0.4, -0.2) is 0 Å². The molecule has 5 heteroatoms. The van der Waals surface area contributed by atoms with E-state index in [1.165, 1.54) is 16.7 Å². The molecule has 0 aromatic heterocycles. The minimum atomic E-state index is 0.159. The van der Waals surface area contributed by atoms with Gasteiger partial charge in [0.05, 0.1) is 11.4 Å². The molecular weight excluding hydrogens is 634 g/mol. The zero-order valence-electron chi connectivity index (χ0n) is 23.8. The van der Waals surface area contributed by atoms with Crippen molar-refractivity contribution in [3.8, 4) is 0 Å². The third-order valence-corrected chi connectivity index (χ3v) is 8.34. The van der Waals surface area contributed by atoms with E-state index in [2.05, 4.69) is 129 Å². The van der Waals surface area contributed by atoms with Gasteiger partial charge in [-0.2, -0.15) is 0 Å². The number of hydrogen-bond acceptors (Lipinski definition) is 3. The summed E-state index contributed by atoms with van der Waals surface area (Å²) >= 11 is 6.70. The lowest BCUT2D eigenvalue weighted by atomic mass is 10.1. The molecule has 0 heterocycles. The Morgan fingerprint density at radius 2 is 0.732 bits per heavy atom. The lowest BCUT2D eigenvalue weighted by Gasteiger charge is -2.22. The van der Waals surface area contributed by atoms with Crippen LogP contribution in [0.25, 0.3) is 0 Å². The molecule has 0 radical (unpaired) electrons. The maximum Gasteiger partial charge on any atom is 0.0580 e. The van der Waals surface area contributed by atoms with E-state index in [0.29, 0.717) is 0 Å². The first kappa shape index (κ1) is 32.1. The molecule has 5 aromatic rings. The number of hydrogen-bond donors (Lipinski definition) is 3. The second kappa shape index (κ2) is 17.4. The number of nitrogens with two attached hydrogens (primary N) is 1. The normalized spacial score (nSPS) is 12.3. The van der Waals surface area contributed by atoms with Gasteiger partial charge in [0.15, 0.2) is 0 Å². The Labute approximate surface area is 262 Å². The van der Waals surface area contributed by atoms with E-state index in [-0.39, 0.29) is 18.1 Å². The summed E-state index contributed by atoms with van der Waals surface area (Å²) in [6, 6.07) is 48.1. The second-order valence-corrected chi connectivity index (χ2v) is 11.4. The van der Waals surface area contributed by atoms with Gasteiger partial charge in [-0.3, -0.25) is 0 Å². The number of halogens is 2. The Morgan fingerprint density at radius 1 is 0.439 bits per heavy atom. The lowest BCUT2D eigenvalue weighted by Crippen LogP contribution is -2.11. The number of nitrogens with one attached hydrogen (secondary N) is 2. The van der Waals surface area contributed by atoms with E-state index in [4.69, 9.17) is 5.73 Å². The minimum Gasteiger partial charge on any atom is -0.377 e. The standard InChI is InChI=1S/C22H24N2.C8H11N.C6H4Br2/c1-17(19-11-5-3-6-12-19)23-21-15-9-10-16-22(21)24-18(2)20-13-7-4-8-14-20;1-7(9)8-5-3-2-4-6-8;7-5-3-1-2-4-6(5)8/h3-18,23-24H,1-2H3;2-7H,9H2,1H3;1-4H/t17-,18-;7-;/m00./s1. The first-order chi connectivity index (χ1) is 19.8. The SMILES string of the molecule is Brc1ccccc1Br.C[C@H](N)c1ccccc1.C[C@H](Nc1ccccc1N[C@@H](C)c1ccccc1)c1ccccc1. The molecule has 0 unspecified atom stereocenters. The first-order valence-corrected chi connectivity index (χ1v) is 15.4. The van der Waals surface area contributed by atoms with Crippen LogP contribution < -0.4 is 16.4 Å². The summed E-state index contributed by atoms with van der Waals surface area (Å²) in [5.74, 6) is 0. The zero-order valence-corrected chi connectivity index (χ0v) is 27.0. The van der Waals surface area contributed by atoms with Gasteiger partial charge in [-0.25, -0.2) is 0 Å². The van der Waals surface area contributed by atoms with Crippen LogP contribution in [0.15, 0.2) is 148 Å². The molecule has 0 fully saturated rings. The highest BCUT2D eigenvalue weighted by atomic mass is 79.9. The van der Waals surface area contributed by atoms with Gasteiger partial charge in [0.2, 0.25) is 0 Å². The molecule has 41 heavy (non-hydrogen) atoms. The predicted octanol–water partition coefficient (Wildman–Crippen LogP) is 11.0. The summed E-state index contributed by atoms with van der Waals surface area (Å²) in [4.78, 5) is 0. The monoisotopic (exact) mass is 671 g/mol. The van der Waals surface area contributed by atoms with Crippen molar-refractivity contribution in [1.82, 2.24) is 0 Å². The highest BCUT2D eigenvalue weighted by Gasteiger charge is 2.10. The van der Waals surface area contributed by atoms with Crippen LogP contribution in [0.3, 0.4) is 0 Å². The largest absolute Gasteiger partial charge is 0.377 e. The Kier molecular flexibility index (Phi) is 13.7. The van der Waals surface area contributed by atoms with Crippen LogP contribution in [0, 0.1) is 0 Å². The Bertz CT molecular complexity index is 1320. The summed E-state index contributed by atoms with van der Waals surface area (Å²) < 4.78 is 2.19. The van der Waals surface area contributed by atoms with Crippen LogP contribution >= 0.6 is 31.9 Å². The summed E-state index contributed by atoms with van der Waals surface area (Å²) in [6.45, 7) is 6.36. The summed E-state index contributed by atoms with van der Waals surface area (Å²) in [6.07, 6.45) is 0. The second-order valence-electron chi connectivity index (χ2n) is 9.71. The van der Waals surface area contributed by atoms with Gasteiger partial charge >= 0.3 is 0 Å². The fraction of sp³-hybridized carbons (Fsp3) is 0.167. The van der Waals surface area contributed by atoms with Crippen LogP contribution in [-0.2, 0) is 0 Å². The van der Waals surface area contributed by atoms with Gasteiger partial charge in [-0.1, -0.05) is 115 Å². The average Bonchev–Trinajstić information content (AvgIpc) is 3.01. The molecule has 212 valence electrons. The Morgan fingerprint density at radius 3 is 1.02 bits per heavy atom. The van der Waals surface area contributed by atoms with Crippen LogP contribution in [0.2, 0.25) is 0 Å². The third-order valence-electron chi connectivity index (χ3n) is 6.42. The molecule has 0 spiro atoms. The molecule has 0 aliphatic carbocycles. The lowest BCUT2D eigenvalue weighted by molar-refractivity contribution is 0.818. The molecule has 0 aliphatic rings. The molecule has 0 saturated carbocycles. The molecule has 3 atom stereocenters. The molecule has 0 bridgehead atoms. The van der Waals surface area contributed by atoms with Crippen molar-refractivity contribution in [1.29, 1.82) is 0 Å². The van der Waals surface area contributed by atoms with Gasteiger partial charge in [0.1, 0.15) is 0 Å². The van der Waals surface area contributed by atoms with E-state index in [1.54, 1.807) is 0 Å². The van der Waals surface area contributed by atoms with Crippen molar-refractivity contribution in [3.63, 3.8) is 0 Å². The summed E-state index contributed by atoms with van der Waals surface area (Å²) in [5.41, 5.74) is 11.6. The van der Waals surface area contributed by atoms with Crippen LogP contribution in [0.1, 0.15) is 55.6 Å². The number of rotatable bonds is 7. The number of para-hydroxylation sites is 2. The fourth-order valence-corrected chi connectivity index (χ4v) is 4.62. The topological polar surface area (TPSA) is 50.1 Å². The van der Waals surface area contributed by atoms with Crippen LogP contribution in [0.5, 0.6) is 0 Å². The molecule has 0 aliphatic heterocycles. The molecule has 0 amide bonds. The Balaban J connectivity index is 0.000000221. The minimum absolute atomic E-state index is 0.159. The molecule has 5 aromatic carbocycles. The highest BCUT2D eigenvalue weighted by Crippen LogP contribution is 2.29. The van der Waals surface area contributed by atoms with Gasteiger partial charge in [-0.05, 0) is 93.6 Å². The van der Waals surface area contributed by atoms with Crippen LogP contribution in [0.4, 0.5) is 11.4 Å². The maximum absolute atomic E-state index is 5.61. The van der Waals surface area contributed by atoms with E-state index in [0.717, 1.165) is 20.3 Å². The van der Waals surface area contributed by atoms with Crippen molar-refractivity contribution in [2.45, 2.75) is 38.9 Å². The van der Waals surface area contributed by atoms with E-state index in [9.17, 15) is 0 Å². The van der Waals surface area contributed by atoms with Gasteiger partial charge in [0.25, 0.3) is 0 Å². The fourth-order valence-electron chi connectivity index (χ4n) is 4.05. The van der Waals surface area contributed by atoms with E-state index in [1.807, 2.05) is 73.7 Å². The quantitative estimate of drug-likeness (QED) is 0.161. The highest BCUT2D eigenvalue weighted by molar-refractivity contribution is 9.13. The molecule has 5 rings (SSSR count). The zero-order chi connectivity index (χ0) is 29.5. The molecule has 4 N–H and O–H groups in total. The number of anilines is 2. The van der Waals surface area contributed by atoms with E-state index < -0.39 is 0 Å². The third kappa shape index (κ3) is 11.2. The van der Waals surface area contributed by atoms with Gasteiger partial charge in [-0.15, -0.1) is 0 Å². The number of benzene rings is 5. The molecule has 0 saturated heterocycles. The van der Waals surface area contributed by atoms with Crippen molar-refractivity contribution in [3.05, 3.63) is 165 Å². The predicted molar refractivity (Wildman–Crippen MR) is 184 cm³/mol. The summed E-state index contributed by atoms with van der Waals surface area (Å²) in [7, 11) is 0. The van der Waals surface area contributed by atoms with Crippen molar-refractivity contribution in [2.24, 2.45) is 5.73 Å². The first-order valence-electron chi connectivity index (χ1n) is 13.8. The van der Waals surface area contributed by atoms with Crippen molar-refractivity contribution in [2.75, 3.05) is 10.6 Å². The van der Waals surface area contributed by atoms with Crippen molar-refractivity contribution >= 4 is 43.2 Å². The Hall–Kier alpha value is -3.38. The van der Waals surface area contributed by atoms with Gasteiger partial charge < -0.3 is 16.4 Å². The molecule has 3 nitrogen and oxygen atoms in total. The van der Waals surface area contributed by atoms with Gasteiger partial charge in [0, 0.05) is 27.1 Å². The summed E-state index contributed by atoms with van der Waals surface area (Å²) in [5, 5.41) is 7.24. The van der Waals surface area contributed by atoms with Crippen molar-refractivity contribution < 1.29 is 0 Å². The van der Waals surface area contributed by atoms with E-state index >= 15 is 0 Å².